The minimum Gasteiger partial charge on any atom is -0.481 e. The second-order valence-electron chi connectivity index (χ2n) is 8.32. The summed E-state index contributed by atoms with van der Waals surface area (Å²) in [6.45, 7) is 7.65. The SMILES string of the molecule is CCc1nc(-c2ccc(OC)nc2C)c(=O)n(CC)c1NC1c2ccccc2C[C@@H]1OC(C)=O. The number of hydrogen-bond acceptors (Lipinski definition) is 7. The van der Waals surface area contributed by atoms with Gasteiger partial charge in [-0.25, -0.2) is 9.97 Å². The van der Waals surface area contributed by atoms with Crippen LogP contribution in [0.2, 0.25) is 0 Å². The number of rotatable bonds is 7. The highest BCUT2D eigenvalue weighted by atomic mass is 16.5. The van der Waals surface area contributed by atoms with Gasteiger partial charge in [0.2, 0.25) is 5.88 Å². The lowest BCUT2D eigenvalue weighted by atomic mass is 10.1. The number of esters is 1. The van der Waals surface area contributed by atoms with Crippen LogP contribution in [0.15, 0.2) is 41.2 Å². The lowest BCUT2D eigenvalue weighted by Gasteiger charge is -2.26. The number of methoxy groups -OCH3 is 1. The Bertz CT molecular complexity index is 1280. The standard InChI is InChI=1S/C26H30N4O4/c1-6-20-25(29-23-19-11-9-8-10-17(19)14-21(23)34-16(4)31)30(7-2)26(32)24(28-20)18-12-13-22(33-5)27-15(18)3/h8-13,21,23,29H,6-7,14H2,1-5H3/t21-,23?/m0/s1. The van der Waals surface area contributed by atoms with E-state index in [1.54, 1.807) is 17.7 Å². The molecule has 1 aliphatic carbocycles. The van der Waals surface area contributed by atoms with E-state index in [2.05, 4.69) is 10.3 Å². The first-order chi connectivity index (χ1) is 16.4. The van der Waals surface area contributed by atoms with Gasteiger partial charge < -0.3 is 14.8 Å². The minimum absolute atomic E-state index is 0.201. The summed E-state index contributed by atoms with van der Waals surface area (Å²) in [4.78, 5) is 34.6. The second kappa shape index (κ2) is 9.67. The Morgan fingerprint density at radius 3 is 2.59 bits per heavy atom. The van der Waals surface area contributed by atoms with Crippen molar-refractivity contribution in [3.8, 4) is 17.1 Å². The third-order valence-electron chi connectivity index (χ3n) is 6.21. The first-order valence-electron chi connectivity index (χ1n) is 11.5. The molecule has 0 bridgehead atoms. The molecule has 1 N–H and O–H groups in total. The zero-order valence-electron chi connectivity index (χ0n) is 20.2. The molecule has 2 heterocycles. The Hall–Kier alpha value is -3.68. The topological polar surface area (TPSA) is 95.3 Å². The first kappa shape index (κ1) is 23.5. The van der Waals surface area contributed by atoms with E-state index in [1.807, 2.05) is 51.1 Å². The van der Waals surface area contributed by atoms with Gasteiger partial charge in [-0.3, -0.25) is 14.2 Å². The summed E-state index contributed by atoms with van der Waals surface area (Å²) in [6.07, 6.45) is 0.867. The van der Waals surface area contributed by atoms with Crippen LogP contribution in [0.25, 0.3) is 11.3 Å². The van der Waals surface area contributed by atoms with Gasteiger partial charge in [-0.05, 0) is 37.5 Å². The third-order valence-corrected chi connectivity index (χ3v) is 6.21. The number of nitrogens with zero attached hydrogens (tertiary/aromatic N) is 3. The van der Waals surface area contributed by atoms with Crippen LogP contribution in [-0.4, -0.2) is 33.7 Å². The number of carbonyl (C=O) groups excluding carboxylic acids is 1. The van der Waals surface area contributed by atoms with Gasteiger partial charge in [-0.2, -0.15) is 0 Å². The number of ether oxygens (including phenoxy) is 2. The maximum absolute atomic E-state index is 13.6. The van der Waals surface area contributed by atoms with Crippen LogP contribution in [0.5, 0.6) is 5.88 Å². The molecule has 0 saturated heterocycles. The Kier molecular flexibility index (Phi) is 6.68. The van der Waals surface area contributed by atoms with Gasteiger partial charge in [0.15, 0.2) is 0 Å². The molecule has 8 nitrogen and oxygen atoms in total. The number of fused-ring (bicyclic) bond motifs is 1. The Morgan fingerprint density at radius 2 is 1.94 bits per heavy atom. The molecule has 2 atom stereocenters. The third kappa shape index (κ3) is 4.27. The van der Waals surface area contributed by atoms with Crippen molar-refractivity contribution in [3.05, 3.63) is 69.3 Å². The van der Waals surface area contributed by atoms with E-state index in [-0.39, 0.29) is 23.7 Å². The molecule has 0 amide bonds. The highest BCUT2D eigenvalue weighted by molar-refractivity contribution is 5.67. The molecule has 1 aromatic carbocycles. The van der Waals surface area contributed by atoms with E-state index in [9.17, 15) is 9.59 Å². The molecule has 0 spiro atoms. The predicted octanol–water partition coefficient (Wildman–Crippen LogP) is 3.85. The van der Waals surface area contributed by atoms with Crippen LogP contribution in [0.4, 0.5) is 5.82 Å². The molecule has 2 aromatic heterocycles. The molecule has 1 unspecified atom stereocenters. The van der Waals surface area contributed by atoms with Crippen molar-refractivity contribution >= 4 is 11.8 Å². The highest BCUT2D eigenvalue weighted by Gasteiger charge is 2.36. The van der Waals surface area contributed by atoms with Crippen LogP contribution in [0.1, 0.15) is 49.3 Å². The largest absolute Gasteiger partial charge is 0.481 e. The number of hydrogen-bond donors (Lipinski definition) is 1. The van der Waals surface area contributed by atoms with E-state index in [0.717, 1.165) is 16.8 Å². The van der Waals surface area contributed by atoms with Crippen LogP contribution in [0.3, 0.4) is 0 Å². The van der Waals surface area contributed by atoms with Crippen LogP contribution >= 0.6 is 0 Å². The van der Waals surface area contributed by atoms with E-state index in [1.165, 1.54) is 6.92 Å². The van der Waals surface area contributed by atoms with Crippen LogP contribution in [-0.2, 0) is 28.9 Å². The number of carbonyl (C=O) groups is 1. The lowest BCUT2D eigenvalue weighted by Crippen LogP contribution is -2.32. The molecule has 0 radical (unpaired) electrons. The fourth-order valence-electron chi connectivity index (χ4n) is 4.61. The van der Waals surface area contributed by atoms with Crippen LogP contribution in [0, 0.1) is 6.92 Å². The van der Waals surface area contributed by atoms with Crippen molar-refractivity contribution in [1.29, 1.82) is 0 Å². The number of pyridine rings is 1. The Morgan fingerprint density at radius 1 is 1.18 bits per heavy atom. The van der Waals surface area contributed by atoms with Crippen molar-refractivity contribution in [2.45, 2.75) is 59.2 Å². The fraction of sp³-hybridized carbons (Fsp3) is 0.385. The maximum atomic E-state index is 13.6. The van der Waals surface area contributed by atoms with Gasteiger partial charge in [0.1, 0.15) is 17.6 Å². The van der Waals surface area contributed by atoms with E-state index >= 15 is 0 Å². The average molecular weight is 463 g/mol. The molecule has 8 heteroatoms. The normalized spacial score (nSPS) is 16.7. The highest BCUT2D eigenvalue weighted by Crippen LogP contribution is 2.37. The molecule has 34 heavy (non-hydrogen) atoms. The number of anilines is 1. The van der Waals surface area contributed by atoms with Crippen molar-refractivity contribution in [1.82, 2.24) is 14.5 Å². The summed E-state index contributed by atoms with van der Waals surface area (Å²) in [5.74, 6) is 0.809. The first-order valence-corrected chi connectivity index (χ1v) is 11.5. The second-order valence-corrected chi connectivity index (χ2v) is 8.32. The smallest absolute Gasteiger partial charge is 0.302 e. The summed E-state index contributed by atoms with van der Waals surface area (Å²) in [6, 6.07) is 11.3. The molecule has 4 rings (SSSR count). The van der Waals surface area contributed by atoms with Gasteiger partial charge in [0.05, 0.1) is 24.5 Å². The van der Waals surface area contributed by atoms with Crippen molar-refractivity contribution < 1.29 is 14.3 Å². The number of nitrogens with one attached hydrogen (secondary N) is 1. The molecule has 1 aliphatic rings. The zero-order valence-corrected chi connectivity index (χ0v) is 20.2. The number of aromatic nitrogens is 3. The molecule has 0 saturated carbocycles. The average Bonchev–Trinajstić information content (AvgIpc) is 3.16. The number of benzene rings is 1. The van der Waals surface area contributed by atoms with Crippen molar-refractivity contribution in [2.75, 3.05) is 12.4 Å². The van der Waals surface area contributed by atoms with Gasteiger partial charge in [0, 0.05) is 31.5 Å². The van der Waals surface area contributed by atoms with E-state index < -0.39 is 0 Å². The Labute approximate surface area is 199 Å². The number of aryl methyl sites for hydroxylation is 2. The quantitative estimate of drug-likeness (QED) is 0.533. The lowest BCUT2D eigenvalue weighted by molar-refractivity contribution is -0.146. The van der Waals surface area contributed by atoms with Gasteiger partial charge >= 0.3 is 5.97 Å². The summed E-state index contributed by atoms with van der Waals surface area (Å²) in [5, 5.41) is 3.53. The summed E-state index contributed by atoms with van der Waals surface area (Å²) >= 11 is 0. The molecule has 0 fully saturated rings. The molecule has 0 aliphatic heterocycles. The summed E-state index contributed by atoms with van der Waals surface area (Å²) in [5.41, 5.74) is 4.46. The van der Waals surface area contributed by atoms with Crippen molar-refractivity contribution in [2.24, 2.45) is 0 Å². The maximum Gasteiger partial charge on any atom is 0.302 e. The van der Waals surface area contributed by atoms with E-state index in [4.69, 9.17) is 14.5 Å². The summed E-state index contributed by atoms with van der Waals surface area (Å²) < 4.78 is 12.6. The van der Waals surface area contributed by atoms with Crippen molar-refractivity contribution in [3.63, 3.8) is 0 Å². The minimum atomic E-state index is -0.368. The molecule has 3 aromatic rings. The molecular weight excluding hydrogens is 432 g/mol. The van der Waals surface area contributed by atoms with E-state index in [0.29, 0.717) is 48.0 Å². The summed E-state index contributed by atoms with van der Waals surface area (Å²) in [7, 11) is 1.56. The zero-order chi connectivity index (χ0) is 24.4. The predicted molar refractivity (Wildman–Crippen MR) is 130 cm³/mol. The molecular formula is C26H30N4O4. The van der Waals surface area contributed by atoms with Crippen LogP contribution < -0.4 is 15.6 Å². The van der Waals surface area contributed by atoms with Gasteiger partial charge in [-0.15, -0.1) is 0 Å². The molecule has 178 valence electrons. The Balaban J connectivity index is 1.82. The van der Waals surface area contributed by atoms with Gasteiger partial charge in [0.25, 0.3) is 5.56 Å². The monoisotopic (exact) mass is 462 g/mol. The van der Waals surface area contributed by atoms with Gasteiger partial charge in [-0.1, -0.05) is 31.2 Å². The fourth-order valence-corrected chi connectivity index (χ4v) is 4.61.